The van der Waals surface area contributed by atoms with Gasteiger partial charge in [-0.05, 0) is 44.7 Å². The Balaban J connectivity index is 2.05. The molecule has 0 aliphatic heterocycles. The molecule has 0 radical (unpaired) electrons. The van der Waals surface area contributed by atoms with E-state index in [0.717, 1.165) is 5.56 Å². The summed E-state index contributed by atoms with van der Waals surface area (Å²) in [6.07, 6.45) is -0.777. The SMILES string of the molecule is CCOC(=O)c1c(C)[nH]c(C(=O)[C@@H](C)OC(=O)C[C@@H](C)c2ccccc2)c1C. The van der Waals surface area contributed by atoms with Gasteiger partial charge in [0.25, 0.3) is 0 Å². The molecule has 2 atom stereocenters. The summed E-state index contributed by atoms with van der Waals surface area (Å²) in [5.74, 6) is -1.31. The Morgan fingerprint density at radius 1 is 1.07 bits per heavy atom. The quantitative estimate of drug-likeness (QED) is 0.546. The van der Waals surface area contributed by atoms with Crippen LogP contribution in [0.2, 0.25) is 0 Å². The summed E-state index contributed by atoms with van der Waals surface area (Å²) in [6.45, 7) is 8.82. The third-order valence-corrected chi connectivity index (χ3v) is 4.68. The molecular weight excluding hydrogens is 358 g/mol. The van der Waals surface area contributed by atoms with E-state index < -0.39 is 18.0 Å². The number of aryl methyl sites for hydroxylation is 1. The lowest BCUT2D eigenvalue weighted by Gasteiger charge is -2.15. The van der Waals surface area contributed by atoms with Crippen LogP contribution >= 0.6 is 0 Å². The van der Waals surface area contributed by atoms with Crippen molar-refractivity contribution in [3.05, 3.63) is 58.4 Å². The molecule has 1 heterocycles. The van der Waals surface area contributed by atoms with Crippen molar-refractivity contribution in [1.29, 1.82) is 0 Å². The van der Waals surface area contributed by atoms with E-state index in [9.17, 15) is 14.4 Å². The zero-order valence-electron chi connectivity index (χ0n) is 17.0. The average Bonchev–Trinajstić information content (AvgIpc) is 2.96. The molecule has 0 saturated carbocycles. The minimum Gasteiger partial charge on any atom is -0.462 e. The van der Waals surface area contributed by atoms with Crippen LogP contribution in [0.3, 0.4) is 0 Å². The highest BCUT2D eigenvalue weighted by atomic mass is 16.5. The van der Waals surface area contributed by atoms with Crippen LogP contribution in [0, 0.1) is 13.8 Å². The van der Waals surface area contributed by atoms with Gasteiger partial charge in [0.15, 0.2) is 6.10 Å². The average molecular weight is 385 g/mol. The van der Waals surface area contributed by atoms with Crippen LogP contribution in [0.25, 0.3) is 0 Å². The monoisotopic (exact) mass is 385 g/mol. The van der Waals surface area contributed by atoms with Gasteiger partial charge < -0.3 is 14.5 Å². The number of benzene rings is 1. The molecule has 0 fully saturated rings. The number of aromatic amines is 1. The number of esters is 2. The second kappa shape index (κ2) is 9.35. The van der Waals surface area contributed by atoms with Crippen molar-refractivity contribution >= 4 is 17.7 Å². The lowest BCUT2D eigenvalue weighted by atomic mass is 9.98. The highest BCUT2D eigenvalue weighted by Crippen LogP contribution is 2.22. The largest absolute Gasteiger partial charge is 0.462 e. The highest BCUT2D eigenvalue weighted by molar-refractivity contribution is 6.04. The minimum atomic E-state index is -0.956. The van der Waals surface area contributed by atoms with Gasteiger partial charge in [-0.3, -0.25) is 9.59 Å². The molecule has 0 bridgehead atoms. The van der Waals surface area contributed by atoms with E-state index in [1.807, 2.05) is 37.3 Å². The highest BCUT2D eigenvalue weighted by Gasteiger charge is 2.27. The maximum atomic E-state index is 12.7. The lowest BCUT2D eigenvalue weighted by Crippen LogP contribution is -2.26. The first-order chi connectivity index (χ1) is 13.3. The van der Waals surface area contributed by atoms with E-state index in [0.29, 0.717) is 16.8 Å². The van der Waals surface area contributed by atoms with Crippen LogP contribution in [-0.2, 0) is 14.3 Å². The molecular formula is C22H27NO5. The summed E-state index contributed by atoms with van der Waals surface area (Å²) >= 11 is 0. The second-order valence-corrected chi connectivity index (χ2v) is 6.86. The number of hydrogen-bond acceptors (Lipinski definition) is 5. The second-order valence-electron chi connectivity index (χ2n) is 6.86. The number of H-pyrrole nitrogens is 1. The Hall–Kier alpha value is -2.89. The third kappa shape index (κ3) is 4.88. The molecule has 0 amide bonds. The van der Waals surface area contributed by atoms with Gasteiger partial charge in [-0.1, -0.05) is 37.3 Å². The zero-order chi connectivity index (χ0) is 20.8. The van der Waals surface area contributed by atoms with E-state index in [1.165, 1.54) is 6.92 Å². The summed E-state index contributed by atoms with van der Waals surface area (Å²) in [5.41, 5.74) is 2.70. The topological polar surface area (TPSA) is 85.5 Å². The van der Waals surface area contributed by atoms with Gasteiger partial charge in [0, 0.05) is 5.69 Å². The smallest absolute Gasteiger partial charge is 0.340 e. The maximum Gasteiger partial charge on any atom is 0.340 e. The molecule has 0 aliphatic carbocycles. The van der Waals surface area contributed by atoms with E-state index in [4.69, 9.17) is 9.47 Å². The molecule has 1 aromatic heterocycles. The molecule has 2 rings (SSSR count). The van der Waals surface area contributed by atoms with Gasteiger partial charge in [0.05, 0.1) is 24.3 Å². The maximum absolute atomic E-state index is 12.7. The standard InChI is InChI=1S/C22H27NO5/c1-6-27-22(26)19-14(3)20(23-15(19)4)21(25)16(5)28-18(24)12-13(2)17-10-8-7-9-11-17/h7-11,13,16,23H,6,12H2,1-5H3/t13-,16-/m1/s1. The Bertz CT molecular complexity index is 853. The Morgan fingerprint density at radius 2 is 1.71 bits per heavy atom. The van der Waals surface area contributed by atoms with Crippen molar-refractivity contribution in [2.24, 2.45) is 0 Å². The molecule has 6 heteroatoms. The fourth-order valence-electron chi connectivity index (χ4n) is 3.16. The summed E-state index contributed by atoms with van der Waals surface area (Å²) in [5, 5.41) is 0. The normalized spacial score (nSPS) is 12.9. The van der Waals surface area contributed by atoms with Gasteiger partial charge in [-0.2, -0.15) is 0 Å². The van der Waals surface area contributed by atoms with Gasteiger partial charge in [-0.15, -0.1) is 0 Å². The van der Waals surface area contributed by atoms with Crippen molar-refractivity contribution in [2.45, 2.75) is 53.1 Å². The van der Waals surface area contributed by atoms with Gasteiger partial charge in [-0.25, -0.2) is 4.79 Å². The van der Waals surface area contributed by atoms with Gasteiger partial charge >= 0.3 is 11.9 Å². The number of ketones is 1. The van der Waals surface area contributed by atoms with E-state index >= 15 is 0 Å². The van der Waals surface area contributed by atoms with E-state index in [1.54, 1.807) is 20.8 Å². The first kappa shape index (κ1) is 21.4. The Labute approximate surface area is 165 Å². The summed E-state index contributed by atoms with van der Waals surface area (Å²) in [7, 11) is 0. The van der Waals surface area contributed by atoms with E-state index in [2.05, 4.69) is 4.98 Å². The Kier molecular flexibility index (Phi) is 7.15. The molecule has 0 saturated heterocycles. The molecule has 150 valence electrons. The third-order valence-electron chi connectivity index (χ3n) is 4.68. The van der Waals surface area contributed by atoms with Crippen molar-refractivity contribution in [2.75, 3.05) is 6.61 Å². The van der Waals surface area contributed by atoms with Crippen LogP contribution in [0.5, 0.6) is 0 Å². The molecule has 1 N–H and O–H groups in total. The van der Waals surface area contributed by atoms with Gasteiger partial charge in [0.2, 0.25) is 5.78 Å². The first-order valence-corrected chi connectivity index (χ1v) is 9.41. The van der Waals surface area contributed by atoms with E-state index in [-0.39, 0.29) is 30.4 Å². The number of rotatable bonds is 8. The van der Waals surface area contributed by atoms with Gasteiger partial charge in [0.1, 0.15) is 0 Å². The molecule has 1 aromatic carbocycles. The number of hydrogen-bond donors (Lipinski definition) is 1. The van der Waals surface area contributed by atoms with Crippen LogP contribution in [0.15, 0.2) is 30.3 Å². The number of carbonyl (C=O) groups is 3. The van der Waals surface area contributed by atoms with Crippen molar-refractivity contribution < 1.29 is 23.9 Å². The molecule has 0 aliphatic rings. The number of nitrogens with one attached hydrogen (secondary N) is 1. The molecule has 6 nitrogen and oxygen atoms in total. The predicted octanol–water partition coefficient (Wildman–Crippen LogP) is 4.12. The van der Waals surface area contributed by atoms with Crippen LogP contribution in [0.4, 0.5) is 0 Å². The van der Waals surface area contributed by atoms with Crippen molar-refractivity contribution in [3.8, 4) is 0 Å². The van der Waals surface area contributed by atoms with Crippen molar-refractivity contribution in [3.63, 3.8) is 0 Å². The van der Waals surface area contributed by atoms with Crippen LogP contribution in [0.1, 0.15) is 70.8 Å². The molecule has 28 heavy (non-hydrogen) atoms. The van der Waals surface area contributed by atoms with Crippen molar-refractivity contribution in [1.82, 2.24) is 4.98 Å². The summed E-state index contributed by atoms with van der Waals surface area (Å²) in [4.78, 5) is 40.0. The summed E-state index contributed by atoms with van der Waals surface area (Å²) < 4.78 is 10.4. The lowest BCUT2D eigenvalue weighted by molar-refractivity contribution is -0.146. The first-order valence-electron chi connectivity index (χ1n) is 9.41. The number of ether oxygens (including phenoxy) is 2. The number of aromatic nitrogens is 1. The minimum absolute atomic E-state index is 0.0131. The zero-order valence-corrected chi connectivity index (χ0v) is 17.0. The molecule has 0 spiro atoms. The summed E-state index contributed by atoms with van der Waals surface area (Å²) in [6, 6.07) is 9.66. The number of carbonyl (C=O) groups excluding carboxylic acids is 3. The molecule has 0 unspecified atom stereocenters. The fraction of sp³-hybridized carbons (Fsp3) is 0.409. The Morgan fingerprint density at radius 3 is 2.32 bits per heavy atom. The predicted molar refractivity (Wildman–Crippen MR) is 106 cm³/mol. The van der Waals surface area contributed by atoms with Crippen LogP contribution < -0.4 is 0 Å². The van der Waals surface area contributed by atoms with Crippen LogP contribution in [-0.4, -0.2) is 35.4 Å². The number of Topliss-reactive ketones (excluding diaryl/α,β-unsaturated/α-hetero) is 1. The molecule has 2 aromatic rings. The fourth-order valence-corrected chi connectivity index (χ4v) is 3.16.